The summed E-state index contributed by atoms with van der Waals surface area (Å²) in [4.78, 5) is 2.45. The highest BCUT2D eigenvalue weighted by Crippen LogP contribution is 2.15. The molecule has 0 fully saturated rings. The highest BCUT2D eigenvalue weighted by Gasteiger charge is 2.07. The van der Waals surface area contributed by atoms with Crippen molar-refractivity contribution in [2.75, 3.05) is 20.2 Å². The van der Waals surface area contributed by atoms with E-state index in [9.17, 15) is 0 Å². The molecule has 0 radical (unpaired) electrons. The van der Waals surface area contributed by atoms with Crippen molar-refractivity contribution in [3.63, 3.8) is 0 Å². The van der Waals surface area contributed by atoms with Crippen LogP contribution in [-0.2, 0) is 13.1 Å². The number of aryl methyl sites for hydroxylation is 1. The molecule has 2 aromatic rings. The molecule has 2 N–H and O–H groups in total. The fraction of sp³-hybridized carbons (Fsp3) is 0.368. The molecule has 0 saturated carbocycles. The zero-order chi connectivity index (χ0) is 15.8. The summed E-state index contributed by atoms with van der Waals surface area (Å²) in [5.41, 5.74) is 9.64. The van der Waals surface area contributed by atoms with E-state index in [1.807, 2.05) is 12.1 Å². The third-order valence-corrected chi connectivity index (χ3v) is 3.73. The van der Waals surface area contributed by atoms with Crippen molar-refractivity contribution in [2.24, 2.45) is 5.73 Å². The molecule has 22 heavy (non-hydrogen) atoms. The number of rotatable bonds is 8. The standard InChI is InChI=1S/C19H26N2O/c1-16-5-3-6-18(13-16)15-21(12-4-11-20)14-17-7-9-19(22-2)10-8-17/h3,5-10,13H,4,11-12,14-15,20H2,1-2H3. The van der Waals surface area contributed by atoms with Gasteiger partial charge in [-0.05, 0) is 43.1 Å². The van der Waals surface area contributed by atoms with Crippen molar-refractivity contribution in [1.29, 1.82) is 0 Å². The highest BCUT2D eigenvalue weighted by molar-refractivity contribution is 5.27. The Bertz CT molecular complexity index is 566. The predicted octanol–water partition coefficient (Wildman–Crippen LogP) is 3.35. The molecule has 0 aliphatic heterocycles. The van der Waals surface area contributed by atoms with Gasteiger partial charge in [0.05, 0.1) is 7.11 Å². The van der Waals surface area contributed by atoms with Crippen LogP contribution in [0.3, 0.4) is 0 Å². The molecule has 0 aliphatic rings. The second kappa shape index (κ2) is 8.57. The van der Waals surface area contributed by atoms with Crippen LogP contribution in [-0.4, -0.2) is 25.1 Å². The maximum atomic E-state index is 5.68. The second-order valence-electron chi connectivity index (χ2n) is 5.69. The number of benzene rings is 2. The molecule has 0 bridgehead atoms. The quantitative estimate of drug-likeness (QED) is 0.812. The van der Waals surface area contributed by atoms with Crippen LogP contribution in [0.2, 0.25) is 0 Å². The minimum Gasteiger partial charge on any atom is -0.497 e. The molecule has 0 heterocycles. The molecule has 2 rings (SSSR count). The van der Waals surface area contributed by atoms with E-state index in [1.165, 1.54) is 16.7 Å². The van der Waals surface area contributed by atoms with Crippen molar-refractivity contribution in [3.8, 4) is 5.75 Å². The third kappa shape index (κ3) is 5.17. The summed E-state index contributed by atoms with van der Waals surface area (Å²) in [5, 5.41) is 0. The molecule has 3 nitrogen and oxygen atoms in total. The molecular weight excluding hydrogens is 272 g/mol. The fourth-order valence-corrected chi connectivity index (χ4v) is 2.59. The minimum atomic E-state index is 0.729. The van der Waals surface area contributed by atoms with Gasteiger partial charge in [-0.25, -0.2) is 0 Å². The van der Waals surface area contributed by atoms with Crippen LogP contribution < -0.4 is 10.5 Å². The number of methoxy groups -OCH3 is 1. The van der Waals surface area contributed by atoms with Crippen LogP contribution >= 0.6 is 0 Å². The van der Waals surface area contributed by atoms with Crippen LogP contribution in [0.25, 0.3) is 0 Å². The van der Waals surface area contributed by atoms with Crippen molar-refractivity contribution in [3.05, 3.63) is 65.2 Å². The first kappa shape index (κ1) is 16.5. The average Bonchev–Trinajstić information content (AvgIpc) is 2.53. The lowest BCUT2D eigenvalue weighted by atomic mass is 10.1. The van der Waals surface area contributed by atoms with E-state index in [2.05, 4.69) is 48.2 Å². The van der Waals surface area contributed by atoms with E-state index in [0.717, 1.165) is 38.3 Å². The van der Waals surface area contributed by atoms with Gasteiger partial charge in [-0.2, -0.15) is 0 Å². The van der Waals surface area contributed by atoms with Gasteiger partial charge in [-0.1, -0.05) is 42.0 Å². The Hall–Kier alpha value is -1.84. The maximum absolute atomic E-state index is 5.68. The Morgan fingerprint density at radius 3 is 2.36 bits per heavy atom. The zero-order valence-corrected chi connectivity index (χ0v) is 13.6. The lowest BCUT2D eigenvalue weighted by Gasteiger charge is -2.22. The van der Waals surface area contributed by atoms with Crippen molar-refractivity contribution < 1.29 is 4.74 Å². The first-order valence-electron chi connectivity index (χ1n) is 7.82. The van der Waals surface area contributed by atoms with Crippen LogP contribution in [0.4, 0.5) is 0 Å². The molecule has 0 amide bonds. The van der Waals surface area contributed by atoms with Gasteiger partial charge in [-0.15, -0.1) is 0 Å². The van der Waals surface area contributed by atoms with Crippen molar-refractivity contribution >= 4 is 0 Å². The number of nitrogens with two attached hydrogens (primary N) is 1. The summed E-state index contributed by atoms with van der Waals surface area (Å²) in [6.07, 6.45) is 1.02. The maximum Gasteiger partial charge on any atom is 0.118 e. The summed E-state index contributed by atoms with van der Waals surface area (Å²) < 4.78 is 5.22. The minimum absolute atomic E-state index is 0.729. The lowest BCUT2D eigenvalue weighted by molar-refractivity contribution is 0.255. The van der Waals surface area contributed by atoms with Gasteiger partial charge in [0.1, 0.15) is 5.75 Å². The summed E-state index contributed by atoms with van der Waals surface area (Å²) in [7, 11) is 1.69. The lowest BCUT2D eigenvalue weighted by Crippen LogP contribution is -2.25. The molecule has 0 aromatic heterocycles. The van der Waals surface area contributed by atoms with Gasteiger partial charge >= 0.3 is 0 Å². The van der Waals surface area contributed by atoms with E-state index in [1.54, 1.807) is 7.11 Å². The Kier molecular flexibility index (Phi) is 6.44. The first-order valence-corrected chi connectivity index (χ1v) is 7.82. The number of hydrogen-bond acceptors (Lipinski definition) is 3. The Labute approximate surface area is 133 Å². The molecule has 0 saturated heterocycles. The van der Waals surface area contributed by atoms with Crippen LogP contribution in [0.1, 0.15) is 23.1 Å². The Morgan fingerprint density at radius 1 is 1.00 bits per heavy atom. The molecule has 0 atom stereocenters. The SMILES string of the molecule is COc1ccc(CN(CCCN)Cc2cccc(C)c2)cc1. The smallest absolute Gasteiger partial charge is 0.118 e. The Morgan fingerprint density at radius 2 is 1.73 bits per heavy atom. The normalized spacial score (nSPS) is 10.9. The molecule has 0 spiro atoms. The van der Waals surface area contributed by atoms with E-state index in [-0.39, 0.29) is 0 Å². The van der Waals surface area contributed by atoms with Crippen LogP contribution in [0.15, 0.2) is 48.5 Å². The van der Waals surface area contributed by atoms with Crippen LogP contribution in [0.5, 0.6) is 5.75 Å². The van der Waals surface area contributed by atoms with Gasteiger partial charge in [-0.3, -0.25) is 4.90 Å². The van der Waals surface area contributed by atoms with Gasteiger partial charge in [0.2, 0.25) is 0 Å². The van der Waals surface area contributed by atoms with Gasteiger partial charge in [0.15, 0.2) is 0 Å². The largest absolute Gasteiger partial charge is 0.497 e. The second-order valence-corrected chi connectivity index (χ2v) is 5.69. The van der Waals surface area contributed by atoms with Gasteiger partial charge in [0.25, 0.3) is 0 Å². The van der Waals surface area contributed by atoms with Crippen LogP contribution in [0, 0.1) is 6.92 Å². The first-order chi connectivity index (χ1) is 10.7. The molecule has 3 heteroatoms. The van der Waals surface area contributed by atoms with Gasteiger partial charge < -0.3 is 10.5 Å². The Balaban J connectivity index is 2.04. The fourth-order valence-electron chi connectivity index (χ4n) is 2.59. The molecule has 118 valence electrons. The summed E-state index contributed by atoms with van der Waals surface area (Å²) >= 11 is 0. The number of ether oxygens (including phenoxy) is 1. The average molecular weight is 298 g/mol. The summed E-state index contributed by atoms with van der Waals surface area (Å²) in [6.45, 7) is 5.76. The van der Waals surface area contributed by atoms with E-state index in [4.69, 9.17) is 10.5 Å². The monoisotopic (exact) mass is 298 g/mol. The van der Waals surface area contributed by atoms with Crippen molar-refractivity contribution in [1.82, 2.24) is 4.90 Å². The molecule has 2 aromatic carbocycles. The van der Waals surface area contributed by atoms with Crippen molar-refractivity contribution in [2.45, 2.75) is 26.4 Å². The topological polar surface area (TPSA) is 38.5 Å². The predicted molar refractivity (Wildman–Crippen MR) is 92.0 cm³/mol. The third-order valence-electron chi connectivity index (χ3n) is 3.73. The van der Waals surface area contributed by atoms with E-state index < -0.39 is 0 Å². The zero-order valence-electron chi connectivity index (χ0n) is 13.6. The van der Waals surface area contributed by atoms with E-state index >= 15 is 0 Å². The molecule has 0 aliphatic carbocycles. The van der Waals surface area contributed by atoms with E-state index in [0.29, 0.717) is 0 Å². The number of nitrogens with zero attached hydrogens (tertiary/aromatic N) is 1. The molecular formula is C19H26N2O. The molecule has 0 unspecified atom stereocenters. The summed E-state index contributed by atoms with van der Waals surface area (Å²) in [5.74, 6) is 0.899. The number of hydrogen-bond donors (Lipinski definition) is 1. The highest BCUT2D eigenvalue weighted by atomic mass is 16.5. The van der Waals surface area contributed by atoms with Gasteiger partial charge in [0, 0.05) is 19.6 Å². The summed E-state index contributed by atoms with van der Waals surface area (Å²) in [6, 6.07) is 17.0.